The van der Waals surface area contributed by atoms with E-state index < -0.39 is 89.3 Å². The zero-order valence-electron chi connectivity index (χ0n) is 46.4. The second-order valence-electron chi connectivity index (χ2n) is 24.0. The number of hydrogen-bond donors (Lipinski definition) is 2. The number of esters is 1. The van der Waals surface area contributed by atoms with Gasteiger partial charge in [0.1, 0.15) is 47.5 Å². The van der Waals surface area contributed by atoms with Crippen LogP contribution in [-0.4, -0.2) is 126 Å². The maximum Gasteiger partial charge on any atom is 0.329 e. The Kier molecular flexibility index (Phi) is 19.7. The average molecular weight is 1090 g/mol. The number of anilines is 1. The molecule has 8 rings (SSSR count). The molecule has 7 aliphatic rings. The van der Waals surface area contributed by atoms with E-state index in [4.69, 9.17) is 47.0 Å². The van der Waals surface area contributed by atoms with E-state index in [0.717, 1.165) is 12.0 Å². The number of carbonyl (C=O) groups is 5. The third-order valence-electron chi connectivity index (χ3n) is 19.0. The monoisotopic (exact) mass is 1080 g/mol. The highest BCUT2D eigenvalue weighted by atomic mass is 35.5. The number of methoxy groups -OCH3 is 2. The Bertz CT molecular complexity index is 2290. The fraction of sp³-hybridized carbons (Fsp3) is 0.746. The van der Waals surface area contributed by atoms with E-state index in [1.54, 1.807) is 50.3 Å². The minimum atomic E-state index is -1.48. The summed E-state index contributed by atoms with van der Waals surface area (Å²) in [4.78, 5) is 82.1. The molecule has 8 bridgehead atoms. The number of benzene rings is 1. The zero-order chi connectivity index (χ0) is 54.8. The van der Waals surface area contributed by atoms with Gasteiger partial charge in [0.25, 0.3) is 11.7 Å². The summed E-state index contributed by atoms with van der Waals surface area (Å²) in [6, 6.07) is 3.99. The van der Waals surface area contributed by atoms with Crippen LogP contribution in [0.2, 0.25) is 10.0 Å². The number of amides is 1. The lowest BCUT2D eigenvalue weighted by Gasteiger charge is -2.46. The molecule has 3 saturated heterocycles. The van der Waals surface area contributed by atoms with Gasteiger partial charge >= 0.3 is 5.97 Å². The van der Waals surface area contributed by atoms with Crippen molar-refractivity contribution >= 4 is 58.1 Å². The van der Waals surface area contributed by atoms with E-state index in [1.165, 1.54) is 12.0 Å². The predicted molar refractivity (Wildman–Crippen MR) is 288 cm³/mol. The summed E-state index contributed by atoms with van der Waals surface area (Å²) in [6.07, 6.45) is 5.70. The average Bonchev–Trinajstić information content (AvgIpc) is 3.37. The van der Waals surface area contributed by atoms with Crippen molar-refractivity contribution in [2.24, 2.45) is 46.8 Å². The molecule has 0 aromatic heterocycles. The second-order valence-corrected chi connectivity index (χ2v) is 24.8. The molecule has 16 heteroatoms. The maximum absolute atomic E-state index is 15.2. The summed E-state index contributed by atoms with van der Waals surface area (Å²) in [6.45, 7) is 17.1. The molecule has 2 aliphatic carbocycles. The van der Waals surface area contributed by atoms with Gasteiger partial charge in [0.2, 0.25) is 0 Å². The van der Waals surface area contributed by atoms with E-state index >= 15 is 4.79 Å². The fourth-order valence-electron chi connectivity index (χ4n) is 13.7. The van der Waals surface area contributed by atoms with Crippen LogP contribution in [0.25, 0.3) is 0 Å². The minimum Gasteiger partial charge on any atom is -0.460 e. The Morgan fingerprint density at radius 1 is 0.787 bits per heavy atom. The Hall–Kier alpha value is -3.21. The van der Waals surface area contributed by atoms with Crippen LogP contribution < -0.4 is 5.06 Å². The Balaban J connectivity index is 1.29. The van der Waals surface area contributed by atoms with Gasteiger partial charge in [-0.2, -0.15) is 0 Å². The standard InChI is InChI=1S/C59H86Cl2N2O12/c1-32-25-35(4)52(66)54(72-11)53(67)36(5)31-58(8)38(7)42-28-39(19-23-47(42)64)26-33(2)49(30-50(58)65)73-57(70)46-17-12-13-24-62(46)56(69)55(68)59(9)37(6)18-20-40(74-59)29-48(71-10)34(3)27-41-21-22-45(32)63(75-41)51-43(60)15-14-16-44(51)61/h14-16,27,31-33,35,37-42,45-49,53-54,64,67H,12-13,17-26,28-30H2,1-11H3/b34-27+,36-31+/t32-,33+,35+,37+,38?,39-,40-,41?,42-,45?,46-,47+,48-,49-,53+,54-,58?,59+/m0/s1. The molecule has 5 heterocycles. The highest BCUT2D eigenvalue weighted by Gasteiger charge is 2.52. The van der Waals surface area contributed by atoms with Crippen molar-refractivity contribution in [1.29, 1.82) is 0 Å². The minimum absolute atomic E-state index is 0.151. The van der Waals surface area contributed by atoms with Crippen molar-refractivity contribution in [2.75, 3.05) is 25.8 Å². The Morgan fingerprint density at radius 3 is 2.17 bits per heavy atom. The third kappa shape index (κ3) is 12.6. The van der Waals surface area contributed by atoms with Crippen LogP contribution in [0, 0.1) is 46.8 Å². The molecule has 18 atom stereocenters. The number of allylic oxidation sites excluding steroid dienone is 1. The summed E-state index contributed by atoms with van der Waals surface area (Å²) in [5, 5.41) is 26.3. The number of halogens is 2. The van der Waals surface area contributed by atoms with Crippen molar-refractivity contribution in [1.82, 2.24) is 4.90 Å². The van der Waals surface area contributed by atoms with E-state index in [-0.39, 0.29) is 60.2 Å². The molecule has 0 radical (unpaired) electrons. The van der Waals surface area contributed by atoms with Crippen LogP contribution in [-0.2, 0) is 47.8 Å². The lowest BCUT2D eigenvalue weighted by Crippen LogP contribution is -2.59. The topological polar surface area (TPSA) is 178 Å². The van der Waals surface area contributed by atoms with E-state index in [0.29, 0.717) is 98.4 Å². The number of hydrogen-bond acceptors (Lipinski definition) is 13. The van der Waals surface area contributed by atoms with Crippen molar-refractivity contribution in [3.63, 3.8) is 0 Å². The van der Waals surface area contributed by atoms with E-state index in [1.807, 2.05) is 47.6 Å². The number of ketones is 3. The van der Waals surface area contributed by atoms with Gasteiger partial charge in [0.15, 0.2) is 5.78 Å². The molecule has 2 saturated carbocycles. The normalized spacial score (nSPS) is 42.0. The van der Waals surface area contributed by atoms with Gasteiger partial charge in [-0.3, -0.25) is 24.0 Å². The highest BCUT2D eigenvalue weighted by molar-refractivity contribution is 6.40. The van der Waals surface area contributed by atoms with Gasteiger partial charge < -0.3 is 34.1 Å². The smallest absolute Gasteiger partial charge is 0.329 e. The molecular formula is C59H86Cl2N2O12. The third-order valence-corrected chi connectivity index (χ3v) is 19.6. The van der Waals surface area contributed by atoms with Crippen molar-refractivity contribution in [2.45, 2.75) is 213 Å². The molecular weight excluding hydrogens is 1000 g/mol. The molecule has 5 aliphatic heterocycles. The van der Waals surface area contributed by atoms with Crippen LogP contribution in [0.15, 0.2) is 41.5 Å². The van der Waals surface area contributed by atoms with E-state index in [2.05, 4.69) is 6.92 Å². The summed E-state index contributed by atoms with van der Waals surface area (Å²) in [7, 11) is 3.03. The first-order valence-corrected chi connectivity index (χ1v) is 28.7. The summed E-state index contributed by atoms with van der Waals surface area (Å²) in [5.41, 5.74) is -0.994. The molecule has 5 fully saturated rings. The lowest BCUT2D eigenvalue weighted by molar-refractivity contribution is -0.184. The quantitative estimate of drug-likeness (QED) is 0.166. The molecule has 1 aromatic rings. The maximum atomic E-state index is 15.2. The summed E-state index contributed by atoms with van der Waals surface area (Å²) < 4.78 is 25.1. The molecule has 0 spiro atoms. The van der Waals surface area contributed by atoms with Crippen LogP contribution in [0.3, 0.4) is 0 Å². The van der Waals surface area contributed by atoms with Crippen LogP contribution in [0.4, 0.5) is 5.69 Å². The number of aliphatic hydroxyl groups is 2. The highest BCUT2D eigenvalue weighted by Crippen LogP contribution is 2.49. The zero-order valence-corrected chi connectivity index (χ0v) is 47.9. The number of hydroxylamine groups is 1. The first-order valence-electron chi connectivity index (χ1n) is 27.9. The van der Waals surface area contributed by atoms with Gasteiger partial charge in [-0.25, -0.2) is 9.86 Å². The van der Waals surface area contributed by atoms with Crippen LogP contribution in [0.1, 0.15) is 152 Å². The molecule has 1 amide bonds. The Morgan fingerprint density at radius 2 is 1.49 bits per heavy atom. The van der Waals surface area contributed by atoms with E-state index in [9.17, 15) is 29.4 Å². The van der Waals surface area contributed by atoms with Gasteiger partial charge in [0, 0.05) is 44.9 Å². The number of piperidine rings is 1. The predicted octanol–water partition coefficient (Wildman–Crippen LogP) is 10.0. The molecule has 2 N–H and O–H groups in total. The number of aliphatic hydroxyl groups excluding tert-OH is 2. The number of fused-ring (bicyclic) bond motifs is 14. The number of carbonyl (C=O) groups excluding carboxylic acids is 5. The van der Waals surface area contributed by atoms with Gasteiger partial charge in [-0.05, 0) is 164 Å². The van der Waals surface area contributed by atoms with Crippen molar-refractivity contribution in [3.05, 3.63) is 51.5 Å². The number of para-hydroxylation sites is 1. The first kappa shape index (κ1) is 59.5. The molecule has 4 unspecified atom stereocenters. The number of nitrogens with zero attached hydrogens (tertiary/aromatic N) is 2. The lowest BCUT2D eigenvalue weighted by atomic mass is 9.60. The van der Waals surface area contributed by atoms with Crippen molar-refractivity contribution < 1.29 is 58.0 Å². The summed E-state index contributed by atoms with van der Waals surface area (Å²) in [5.74, 6) is -4.45. The molecule has 75 heavy (non-hydrogen) atoms. The molecule has 14 nitrogen and oxygen atoms in total. The number of ether oxygens (including phenoxy) is 4. The van der Waals surface area contributed by atoms with Gasteiger partial charge in [0.05, 0.1) is 34.4 Å². The van der Waals surface area contributed by atoms with Gasteiger partial charge in [-0.15, -0.1) is 0 Å². The Labute approximate surface area is 455 Å². The molecule has 418 valence electrons. The van der Waals surface area contributed by atoms with Crippen LogP contribution >= 0.6 is 23.2 Å². The summed E-state index contributed by atoms with van der Waals surface area (Å²) >= 11 is 13.8. The molecule has 1 aromatic carbocycles. The largest absolute Gasteiger partial charge is 0.460 e. The fourth-order valence-corrected chi connectivity index (χ4v) is 14.3. The SMILES string of the molecule is CO[C@H]1C[C@@H]2CC[C@@H](C)[C@@](C)(O2)C(=O)C(=O)N2CCCC[C@H]2C(=O)O[C@H]2CC(=O)C(C)(/C=C(\C)[C@@H](O)[C@@H](OC)C(=O)[C@H](C)C[C@H](C)C3CCC(/C=C/1C)ON3c1c(Cl)cccc1Cl)C(C)[C@@H]1C[C@@H](CC[C@H]1O)C[C@H]2C. The number of rotatable bonds is 3. The van der Waals surface area contributed by atoms with Crippen LogP contribution in [0.5, 0.6) is 0 Å². The first-order chi connectivity index (χ1) is 35.4. The number of Topliss-reactive ketones (excluding diaryl/α,β-unsaturated/α-hetero) is 3. The van der Waals surface area contributed by atoms with Gasteiger partial charge in [-0.1, -0.05) is 76.0 Å². The van der Waals surface area contributed by atoms with Crippen molar-refractivity contribution in [3.8, 4) is 0 Å². The second kappa shape index (κ2) is 24.9.